The summed E-state index contributed by atoms with van der Waals surface area (Å²) in [6.07, 6.45) is 7.42. The number of nitrogens with two attached hydrogens (primary N) is 1. The minimum Gasteiger partial charge on any atom is -0.480 e. The van der Waals surface area contributed by atoms with Crippen molar-refractivity contribution in [3.8, 4) is 0 Å². The van der Waals surface area contributed by atoms with Crippen molar-refractivity contribution >= 4 is 180 Å². The summed E-state index contributed by atoms with van der Waals surface area (Å²) in [5.41, 5.74) is 10.9. The molecule has 4 aromatic heterocycles. The highest BCUT2D eigenvalue weighted by Crippen LogP contribution is 2.43. The Hall–Kier alpha value is -10.7. The number of esters is 4. The lowest BCUT2D eigenvalue weighted by Gasteiger charge is -2.36. The van der Waals surface area contributed by atoms with Crippen molar-refractivity contribution in [3.05, 3.63) is 247 Å². The summed E-state index contributed by atoms with van der Waals surface area (Å²) in [7, 11) is 1.58. The van der Waals surface area contributed by atoms with E-state index in [1.807, 2.05) is 29.5 Å². The highest BCUT2D eigenvalue weighted by molar-refractivity contribution is 9.11. The zero-order valence-corrected chi connectivity index (χ0v) is 86.7. The molecule has 8 unspecified atom stereocenters. The number of amidine groups is 4. The second-order valence-corrected chi connectivity index (χ2v) is 39.7. The number of amides is 2. The molecule has 36 nitrogen and oxygen atoms in total. The van der Waals surface area contributed by atoms with Crippen LogP contribution in [0.4, 0.5) is 17.6 Å². The third-order valence-corrected chi connectivity index (χ3v) is 28.8. The number of aliphatic imine (C=N–C) groups is 4. The maximum atomic E-state index is 13.9. The Morgan fingerprint density at radius 1 is 0.468 bits per heavy atom. The van der Waals surface area contributed by atoms with Crippen LogP contribution in [0, 0.1) is 37.1 Å². The van der Waals surface area contributed by atoms with E-state index in [2.05, 4.69) is 115 Å². The number of aromatic nitrogens is 4. The van der Waals surface area contributed by atoms with Gasteiger partial charge in [0.25, 0.3) is 0 Å². The minimum atomic E-state index is -1.01. The number of nitrogens with one attached hydrogen (secondary N) is 5. The van der Waals surface area contributed by atoms with Crippen molar-refractivity contribution < 1.29 is 104 Å². The standard InChI is InChI=1S/C24H27BrFN5O4S.C23H25BrFN5O4S.2C23H24BrFN4O5S/c1-2-34-24(33)20-18(13-31-8-9-35-15(12-31)4-6-19(27)32)29-22(23-28-7-10-36-23)30-21(20)16-5-3-14(26)11-17(16)25;1-3-34-23(32)18-16(11-30-7-8-33-12-17(30)21(31)26-2)28-20(22-27-6-9-35-22)29-19(18)14-5-4-13(25)10-15(14)24;2*1-3-34-23(32)18-16(10-29-6-7-33-11-17(29)22(30)31)27-20(21-26-9-12(2)35-21)28-19(18)14-5-4-13(25)8-15(14)24/h3,5,7,10-11,15,21H,2,4,6,8-9,12-13H2,1H3,(H2,27,32)(H,29,30);4-6,9-10,17,19H,3,7-8,11-12H2,1-2H3,(H,26,31)(H,28,29);2*4-5,8-9,17,19H,3,6-7,10-11H2,1-2H3,(H,27,28)(H,30,31). The van der Waals surface area contributed by atoms with Crippen LogP contribution < -0.4 is 32.3 Å². The molecule has 4 aromatic carbocycles. The van der Waals surface area contributed by atoms with Gasteiger partial charge in [-0.05, 0) is 119 Å². The van der Waals surface area contributed by atoms with Gasteiger partial charge in [0.1, 0.15) is 65.6 Å². The first kappa shape index (κ1) is 108. The summed E-state index contributed by atoms with van der Waals surface area (Å²) in [5.74, 6) is -4.59. The van der Waals surface area contributed by atoms with Crippen LogP contribution in [0.15, 0.2) is 191 Å². The minimum absolute atomic E-state index is 0.0386. The van der Waals surface area contributed by atoms with Crippen LogP contribution in [0.3, 0.4) is 0 Å². The lowest BCUT2D eigenvalue weighted by molar-refractivity contribution is -0.150. The van der Waals surface area contributed by atoms with Crippen LogP contribution in [-0.2, 0) is 76.3 Å². The van der Waals surface area contributed by atoms with E-state index in [1.165, 1.54) is 93.9 Å². The van der Waals surface area contributed by atoms with Crippen LogP contribution in [-0.4, -0.2) is 284 Å². The number of thiazole rings is 4. The van der Waals surface area contributed by atoms with Gasteiger partial charge in [0.05, 0.1) is 101 Å². The van der Waals surface area contributed by atoms with Gasteiger partial charge in [0.15, 0.2) is 43.4 Å². The lowest BCUT2D eigenvalue weighted by atomic mass is 9.95. The molecule has 8 atom stereocenters. The largest absolute Gasteiger partial charge is 0.480 e. The van der Waals surface area contributed by atoms with Crippen molar-refractivity contribution in [2.24, 2.45) is 25.7 Å². The number of aliphatic carboxylic acids is 2. The van der Waals surface area contributed by atoms with E-state index in [-0.39, 0.29) is 101 Å². The predicted octanol–water partition coefficient (Wildman–Crippen LogP) is 11.4. The Labute approximate surface area is 857 Å². The maximum Gasteiger partial charge on any atom is 0.338 e. The van der Waals surface area contributed by atoms with Crippen molar-refractivity contribution in [2.75, 3.05) is 139 Å². The number of hydrogen-bond acceptors (Lipinski definition) is 36. The predicted molar refractivity (Wildman–Crippen MR) is 531 cm³/mol. The van der Waals surface area contributed by atoms with E-state index in [4.69, 9.17) is 63.6 Å². The maximum absolute atomic E-state index is 13.9. The molecule has 0 bridgehead atoms. The molecule has 12 heterocycles. The van der Waals surface area contributed by atoms with Gasteiger partial charge in [-0.1, -0.05) is 88.0 Å². The number of carboxylic acid groups (broad SMARTS) is 2. The highest BCUT2D eigenvalue weighted by Gasteiger charge is 2.44. The normalized spacial score (nSPS) is 20.8. The number of aryl methyl sites for hydroxylation is 2. The fraction of sp³-hybridized carbons (Fsp3) is 0.398. The summed E-state index contributed by atoms with van der Waals surface area (Å²) in [6.45, 7) is 16.7. The number of carboxylic acids is 2. The Morgan fingerprint density at radius 2 is 0.794 bits per heavy atom. The van der Waals surface area contributed by atoms with Gasteiger partial charge in [-0.25, -0.2) is 56.7 Å². The molecule has 0 aliphatic carbocycles. The van der Waals surface area contributed by atoms with Crippen LogP contribution in [0.5, 0.6) is 0 Å². The lowest BCUT2D eigenvalue weighted by Crippen LogP contribution is -2.54. The molecular weight excluding hydrogens is 2180 g/mol. The number of carbonyl (C=O) groups is 8. The second-order valence-electron chi connectivity index (χ2n) is 32.1. The second kappa shape index (κ2) is 51.0. The average Bonchev–Trinajstić information content (AvgIpc) is 1.75. The van der Waals surface area contributed by atoms with Crippen molar-refractivity contribution in [3.63, 3.8) is 0 Å². The van der Waals surface area contributed by atoms with Crippen LogP contribution in [0.25, 0.3) is 0 Å². The van der Waals surface area contributed by atoms with E-state index in [9.17, 15) is 66.1 Å². The summed E-state index contributed by atoms with van der Waals surface area (Å²) in [6, 6.07) is 11.5. The van der Waals surface area contributed by atoms with E-state index in [0.717, 1.165) is 9.75 Å². The topological polar surface area (TPSA) is 451 Å². The van der Waals surface area contributed by atoms with Crippen LogP contribution in [0.1, 0.15) is 117 Å². The van der Waals surface area contributed by atoms with E-state index in [0.29, 0.717) is 190 Å². The summed E-state index contributed by atoms with van der Waals surface area (Å²) in [5, 5.41) is 41.3. The summed E-state index contributed by atoms with van der Waals surface area (Å²) in [4.78, 5) is 147. The zero-order valence-electron chi connectivity index (χ0n) is 77.1. The number of halogens is 8. The number of benzene rings is 4. The van der Waals surface area contributed by atoms with E-state index < -0.39 is 101 Å². The number of ether oxygens (including phenoxy) is 8. The zero-order chi connectivity index (χ0) is 101. The van der Waals surface area contributed by atoms with Gasteiger partial charge in [-0.15, -0.1) is 45.3 Å². The first-order valence-corrected chi connectivity index (χ1v) is 51.1. The molecule has 48 heteroatoms. The average molecular weight is 2280 g/mol. The molecule has 0 spiro atoms. The fourth-order valence-corrected chi connectivity index (χ4v) is 21.0. The number of nitrogens with zero attached hydrogens (tertiary/aromatic N) is 12. The van der Waals surface area contributed by atoms with E-state index >= 15 is 0 Å². The van der Waals surface area contributed by atoms with Gasteiger partial charge < -0.3 is 80.4 Å². The molecule has 8 aliphatic rings. The number of morpholine rings is 4. The quantitative estimate of drug-likeness (QED) is 0.0118. The van der Waals surface area contributed by atoms with Crippen LogP contribution >= 0.6 is 109 Å². The molecule has 8 aromatic rings. The molecule has 141 heavy (non-hydrogen) atoms. The number of likely N-dealkylation sites (N-methyl/N-ethyl adjacent to an activating group) is 1. The summed E-state index contributed by atoms with van der Waals surface area (Å²) >= 11 is 19.3. The molecule has 0 radical (unpaired) electrons. The number of hydrogen-bond donors (Lipinski definition) is 8. The first-order chi connectivity index (χ1) is 67.8. The molecule has 16 rings (SSSR count). The third-order valence-electron chi connectivity index (χ3n) is 22.7. The van der Waals surface area contributed by atoms with E-state index in [1.54, 1.807) is 93.6 Å². The highest BCUT2D eigenvalue weighted by atomic mass is 79.9. The van der Waals surface area contributed by atoms with Gasteiger partial charge >= 0.3 is 35.8 Å². The number of rotatable bonds is 30. The Morgan fingerprint density at radius 3 is 1.09 bits per heavy atom. The SMILES string of the molecule is CCOC(=O)C1=C(CN2CCOC(CCC(N)=O)C2)NC(c2nccs2)=NC1c1ccc(F)cc1Br.CCOC(=O)C1=C(CN2CCOCC2C(=O)NC)NC(c2nccs2)=NC1c1ccc(F)cc1Br.CCOC(=O)C1=C(CN2CCOCC2C(=O)O)NC(c2ncc(C)s2)=NC1c1ccc(F)cc1Br.CCOC(=O)C1=C(CN2CCOCC2C(=O)O)NC(c2ncc(C)s2)=NC1c1ccc(F)cc1Br. The summed E-state index contributed by atoms with van der Waals surface area (Å²) < 4.78 is 101. The fourth-order valence-electron chi connectivity index (χ4n) is 16.1. The van der Waals surface area contributed by atoms with Crippen molar-refractivity contribution in [1.29, 1.82) is 0 Å². The molecule has 0 saturated carbocycles. The number of carbonyl (C=O) groups excluding carboxylic acids is 6. The molecule has 750 valence electrons. The monoisotopic (exact) mass is 2280 g/mol. The molecule has 4 fully saturated rings. The molecule has 9 N–H and O–H groups in total. The van der Waals surface area contributed by atoms with Gasteiger partial charge in [0.2, 0.25) is 11.8 Å². The van der Waals surface area contributed by atoms with Crippen LogP contribution in [0.2, 0.25) is 0 Å². The Balaban J connectivity index is 0.000000158. The Kier molecular flexibility index (Phi) is 38.9. The van der Waals surface area contributed by atoms with Crippen molar-refractivity contribution in [1.82, 2.24) is 66.1 Å². The third kappa shape index (κ3) is 27.7. The van der Waals surface area contributed by atoms with Gasteiger partial charge in [-0.2, -0.15) is 0 Å². The number of primary amides is 1. The van der Waals surface area contributed by atoms with Gasteiger partial charge in [-0.3, -0.25) is 58.7 Å². The Bertz CT molecular complexity index is 6010. The van der Waals surface area contributed by atoms with Gasteiger partial charge in [0, 0.05) is 158 Å². The first-order valence-electron chi connectivity index (χ1n) is 44.5. The molecule has 8 aliphatic heterocycles. The van der Waals surface area contributed by atoms with Crippen molar-refractivity contribution in [2.45, 2.75) is 103 Å². The molecular formula is C93H100Br4F4N18O18S4. The smallest absolute Gasteiger partial charge is 0.338 e. The molecule has 4 saturated heterocycles. The molecule has 2 amide bonds.